The number of carbonyl (C=O) groups is 1. The van der Waals surface area contributed by atoms with Crippen LogP contribution in [-0.2, 0) is 17.5 Å². The Balaban J connectivity index is 1.43. The maximum Gasteiger partial charge on any atom is 0.417 e. The van der Waals surface area contributed by atoms with Crippen molar-refractivity contribution in [2.75, 3.05) is 6.79 Å². The van der Waals surface area contributed by atoms with Crippen molar-refractivity contribution in [2.45, 2.75) is 25.1 Å². The van der Waals surface area contributed by atoms with Crippen LogP contribution in [0.5, 0.6) is 11.5 Å². The van der Waals surface area contributed by atoms with Gasteiger partial charge in [-0.1, -0.05) is 41.9 Å². The molecule has 0 radical (unpaired) electrons. The summed E-state index contributed by atoms with van der Waals surface area (Å²) in [6.07, 6.45) is -2.92. The summed E-state index contributed by atoms with van der Waals surface area (Å²) in [6.45, 7) is 0.392. The summed E-state index contributed by atoms with van der Waals surface area (Å²) < 4.78 is 51.4. The quantitative estimate of drug-likeness (QED) is 0.322. The Morgan fingerprint density at radius 1 is 1.06 bits per heavy atom. The Hall–Kier alpha value is -3.65. The van der Waals surface area contributed by atoms with Crippen LogP contribution in [0.2, 0.25) is 5.02 Å². The lowest BCUT2D eigenvalue weighted by Crippen LogP contribution is -2.25. The second-order valence-electron chi connectivity index (χ2n) is 8.25. The molecule has 2 heterocycles. The minimum absolute atomic E-state index is 0.0503. The summed E-state index contributed by atoms with van der Waals surface area (Å²) in [5.74, 6) is 0.319. The Kier molecular flexibility index (Phi) is 6.06. The SMILES string of the molecule is O=C(CC(c1ccc(Cl)c(C(F)(F)F)c1)c1c[nH]c2ccccc12)NCc1ccc2c(c1)OCO2. The first-order valence-corrected chi connectivity index (χ1v) is 11.3. The monoisotopic (exact) mass is 500 g/mol. The van der Waals surface area contributed by atoms with Gasteiger partial charge in [0, 0.05) is 36.0 Å². The molecule has 0 saturated carbocycles. The van der Waals surface area contributed by atoms with Crippen molar-refractivity contribution in [3.8, 4) is 11.5 Å². The van der Waals surface area contributed by atoms with Crippen LogP contribution in [0.1, 0.15) is 34.6 Å². The molecule has 5 rings (SSSR count). The van der Waals surface area contributed by atoms with Gasteiger partial charge in [0.05, 0.1) is 10.6 Å². The highest BCUT2D eigenvalue weighted by Gasteiger charge is 2.34. The Morgan fingerprint density at radius 3 is 2.69 bits per heavy atom. The van der Waals surface area contributed by atoms with E-state index in [4.69, 9.17) is 21.1 Å². The van der Waals surface area contributed by atoms with E-state index in [1.165, 1.54) is 12.1 Å². The maximum absolute atomic E-state index is 13.6. The van der Waals surface area contributed by atoms with Crippen molar-refractivity contribution in [2.24, 2.45) is 0 Å². The number of nitrogens with one attached hydrogen (secondary N) is 2. The van der Waals surface area contributed by atoms with Crippen molar-refractivity contribution >= 4 is 28.4 Å². The van der Waals surface area contributed by atoms with Gasteiger partial charge in [0.2, 0.25) is 12.7 Å². The number of ether oxygens (including phenoxy) is 2. The number of para-hydroxylation sites is 1. The zero-order valence-corrected chi connectivity index (χ0v) is 19.0. The third-order valence-electron chi connectivity index (χ3n) is 6.01. The highest BCUT2D eigenvalue weighted by molar-refractivity contribution is 6.31. The van der Waals surface area contributed by atoms with Crippen molar-refractivity contribution in [3.63, 3.8) is 0 Å². The maximum atomic E-state index is 13.6. The van der Waals surface area contributed by atoms with E-state index >= 15 is 0 Å². The predicted octanol–water partition coefficient (Wildman–Crippen LogP) is 6.41. The van der Waals surface area contributed by atoms with E-state index < -0.39 is 17.7 Å². The standard InChI is InChI=1S/C26H20ClF3N2O3/c27-21-7-6-16(10-20(21)26(28,29)30)18(19-13-31-22-4-2-1-3-17(19)22)11-25(33)32-12-15-5-8-23-24(9-15)35-14-34-23/h1-10,13,18,31H,11-12,14H2,(H,32,33). The summed E-state index contributed by atoms with van der Waals surface area (Å²) in [7, 11) is 0. The molecule has 1 aliphatic heterocycles. The smallest absolute Gasteiger partial charge is 0.417 e. The number of amides is 1. The Labute approximate surface area is 203 Å². The molecule has 0 bridgehead atoms. The number of aromatic nitrogens is 1. The molecule has 0 saturated heterocycles. The summed E-state index contributed by atoms with van der Waals surface area (Å²) in [5.41, 5.74) is 1.80. The highest BCUT2D eigenvalue weighted by Crippen LogP contribution is 2.40. The first kappa shape index (κ1) is 23.1. The van der Waals surface area contributed by atoms with E-state index in [0.29, 0.717) is 17.1 Å². The van der Waals surface area contributed by atoms with Gasteiger partial charge in [0.25, 0.3) is 0 Å². The second-order valence-corrected chi connectivity index (χ2v) is 8.65. The van der Waals surface area contributed by atoms with Crippen LogP contribution in [0.25, 0.3) is 10.9 Å². The molecular weight excluding hydrogens is 481 g/mol. The van der Waals surface area contributed by atoms with Gasteiger partial charge >= 0.3 is 6.18 Å². The van der Waals surface area contributed by atoms with E-state index in [0.717, 1.165) is 28.1 Å². The second kappa shape index (κ2) is 9.19. The number of aromatic amines is 1. The summed E-state index contributed by atoms with van der Waals surface area (Å²) >= 11 is 5.84. The molecule has 1 unspecified atom stereocenters. The summed E-state index contributed by atoms with van der Waals surface area (Å²) in [6, 6.07) is 16.6. The number of alkyl halides is 3. The molecule has 1 aromatic heterocycles. The van der Waals surface area contributed by atoms with Gasteiger partial charge in [0.15, 0.2) is 11.5 Å². The van der Waals surface area contributed by atoms with Gasteiger partial charge < -0.3 is 19.8 Å². The van der Waals surface area contributed by atoms with E-state index in [1.807, 2.05) is 30.3 Å². The minimum Gasteiger partial charge on any atom is -0.454 e. The molecule has 0 aliphatic carbocycles. The van der Waals surface area contributed by atoms with E-state index in [1.54, 1.807) is 18.3 Å². The molecule has 3 aromatic carbocycles. The third kappa shape index (κ3) is 4.79. The zero-order valence-electron chi connectivity index (χ0n) is 18.3. The minimum atomic E-state index is -4.61. The van der Waals surface area contributed by atoms with Gasteiger partial charge in [-0.2, -0.15) is 13.2 Å². The molecule has 5 nitrogen and oxygen atoms in total. The Bertz CT molecular complexity index is 1400. The molecule has 1 aliphatic rings. The number of H-pyrrole nitrogens is 1. The molecule has 1 amide bonds. The topological polar surface area (TPSA) is 63.4 Å². The molecule has 180 valence electrons. The third-order valence-corrected chi connectivity index (χ3v) is 6.34. The van der Waals surface area contributed by atoms with Crippen molar-refractivity contribution < 1.29 is 27.4 Å². The van der Waals surface area contributed by atoms with Gasteiger partial charge in [-0.05, 0) is 47.0 Å². The fraction of sp³-hybridized carbons (Fsp3) is 0.192. The summed E-state index contributed by atoms with van der Waals surface area (Å²) in [5, 5.41) is 3.32. The fourth-order valence-electron chi connectivity index (χ4n) is 4.28. The van der Waals surface area contributed by atoms with Crippen LogP contribution in [0, 0.1) is 0 Å². The van der Waals surface area contributed by atoms with Crippen LogP contribution in [-0.4, -0.2) is 17.7 Å². The number of rotatable bonds is 6. The molecule has 9 heteroatoms. The number of hydrogen-bond donors (Lipinski definition) is 2. The van der Waals surface area contributed by atoms with Crippen LogP contribution in [0.15, 0.2) is 66.9 Å². The average Bonchev–Trinajstić information content (AvgIpc) is 3.47. The highest BCUT2D eigenvalue weighted by atomic mass is 35.5. The van der Waals surface area contributed by atoms with Crippen LogP contribution < -0.4 is 14.8 Å². The number of halogens is 4. The molecule has 35 heavy (non-hydrogen) atoms. The van der Waals surface area contributed by atoms with Gasteiger partial charge in [-0.3, -0.25) is 4.79 Å². The molecule has 0 fully saturated rings. The van der Waals surface area contributed by atoms with Gasteiger partial charge in [0.1, 0.15) is 0 Å². The number of carbonyl (C=O) groups excluding carboxylic acids is 1. The molecule has 2 N–H and O–H groups in total. The van der Waals surface area contributed by atoms with Crippen LogP contribution in [0.3, 0.4) is 0 Å². The fourth-order valence-corrected chi connectivity index (χ4v) is 4.50. The van der Waals surface area contributed by atoms with Gasteiger partial charge in [-0.25, -0.2) is 0 Å². The average molecular weight is 501 g/mol. The lowest BCUT2D eigenvalue weighted by Gasteiger charge is -2.19. The number of hydrogen-bond acceptors (Lipinski definition) is 3. The van der Waals surface area contributed by atoms with E-state index in [2.05, 4.69) is 10.3 Å². The predicted molar refractivity (Wildman–Crippen MR) is 126 cm³/mol. The lowest BCUT2D eigenvalue weighted by atomic mass is 9.87. The van der Waals surface area contributed by atoms with Crippen molar-refractivity contribution in [3.05, 3.63) is 94.1 Å². The molecule has 1 atom stereocenters. The van der Waals surface area contributed by atoms with Crippen molar-refractivity contribution in [1.82, 2.24) is 10.3 Å². The first-order valence-electron chi connectivity index (χ1n) is 10.9. The normalized spacial score (nSPS) is 13.7. The van der Waals surface area contributed by atoms with E-state index in [-0.39, 0.29) is 30.7 Å². The van der Waals surface area contributed by atoms with E-state index in [9.17, 15) is 18.0 Å². The lowest BCUT2D eigenvalue weighted by molar-refractivity contribution is -0.137. The number of fused-ring (bicyclic) bond motifs is 2. The Morgan fingerprint density at radius 2 is 1.86 bits per heavy atom. The number of benzene rings is 3. The summed E-state index contributed by atoms with van der Waals surface area (Å²) in [4.78, 5) is 16.1. The van der Waals surface area contributed by atoms with Crippen molar-refractivity contribution in [1.29, 1.82) is 0 Å². The zero-order chi connectivity index (χ0) is 24.6. The molecule has 0 spiro atoms. The van der Waals surface area contributed by atoms with Crippen LogP contribution in [0.4, 0.5) is 13.2 Å². The van der Waals surface area contributed by atoms with Crippen LogP contribution >= 0.6 is 11.6 Å². The van der Waals surface area contributed by atoms with Gasteiger partial charge in [-0.15, -0.1) is 0 Å². The first-order chi connectivity index (χ1) is 16.8. The largest absolute Gasteiger partial charge is 0.454 e. The molecule has 4 aromatic rings. The molecular formula is C26H20ClF3N2O3.